The molecule has 4 rings (SSSR count). The van der Waals surface area contributed by atoms with Gasteiger partial charge in [0.1, 0.15) is 11.2 Å². The summed E-state index contributed by atoms with van der Waals surface area (Å²) in [4.78, 5) is 9.06. The van der Waals surface area contributed by atoms with Gasteiger partial charge in [-0.2, -0.15) is 0 Å². The number of pyridine rings is 2. The van der Waals surface area contributed by atoms with Crippen molar-refractivity contribution >= 4 is 21.9 Å². The van der Waals surface area contributed by atoms with Crippen LogP contribution >= 0.6 is 0 Å². The van der Waals surface area contributed by atoms with Gasteiger partial charge in [-0.15, -0.1) is 0 Å². The molecular formula is C22H22N2O. The van der Waals surface area contributed by atoms with E-state index in [2.05, 4.69) is 48.9 Å². The lowest BCUT2D eigenvalue weighted by atomic mass is 9.78. The Balaban J connectivity index is 1.93. The van der Waals surface area contributed by atoms with E-state index in [9.17, 15) is 0 Å². The van der Waals surface area contributed by atoms with Crippen molar-refractivity contribution in [3.8, 4) is 11.3 Å². The summed E-state index contributed by atoms with van der Waals surface area (Å²) >= 11 is 0. The Bertz CT molecular complexity index is 1040. The fourth-order valence-electron chi connectivity index (χ4n) is 3.43. The zero-order valence-electron chi connectivity index (χ0n) is 14.9. The van der Waals surface area contributed by atoms with E-state index in [4.69, 9.17) is 4.42 Å². The highest BCUT2D eigenvalue weighted by Gasteiger charge is 2.23. The minimum atomic E-state index is 0.160. The lowest BCUT2D eigenvalue weighted by Crippen LogP contribution is -2.19. The molecular weight excluding hydrogens is 308 g/mol. The number of aromatic nitrogens is 2. The number of furan rings is 1. The van der Waals surface area contributed by atoms with Gasteiger partial charge in [0.2, 0.25) is 0 Å². The summed E-state index contributed by atoms with van der Waals surface area (Å²) in [6, 6.07) is 12.4. The van der Waals surface area contributed by atoms with E-state index in [1.165, 1.54) is 5.56 Å². The number of para-hydroxylation sites is 1. The third-order valence-electron chi connectivity index (χ3n) is 5.58. The van der Waals surface area contributed by atoms with Crippen LogP contribution in [0.1, 0.15) is 39.2 Å². The molecule has 0 amide bonds. The first-order valence-electron chi connectivity index (χ1n) is 8.88. The molecule has 0 aliphatic rings. The van der Waals surface area contributed by atoms with E-state index >= 15 is 0 Å². The second-order valence-corrected chi connectivity index (χ2v) is 6.86. The first-order chi connectivity index (χ1) is 12.2. The molecule has 126 valence electrons. The zero-order valence-corrected chi connectivity index (χ0v) is 14.9. The molecule has 0 spiro atoms. The topological polar surface area (TPSA) is 38.9 Å². The van der Waals surface area contributed by atoms with Crippen LogP contribution in [0.15, 0.2) is 59.4 Å². The van der Waals surface area contributed by atoms with Gasteiger partial charge >= 0.3 is 0 Å². The third-order valence-corrected chi connectivity index (χ3v) is 5.58. The number of nitrogens with zero attached hydrogens (tertiary/aromatic N) is 2. The van der Waals surface area contributed by atoms with Crippen LogP contribution in [0.4, 0.5) is 0 Å². The SMILES string of the molecule is CCC(C)(CC)c1ccnc(-c2cncc3c2oc2ccccc23)c1. The maximum Gasteiger partial charge on any atom is 0.147 e. The lowest BCUT2D eigenvalue weighted by molar-refractivity contribution is 0.438. The number of fused-ring (bicyclic) bond motifs is 3. The van der Waals surface area contributed by atoms with Crippen molar-refractivity contribution < 1.29 is 4.42 Å². The quantitative estimate of drug-likeness (QED) is 0.452. The van der Waals surface area contributed by atoms with Gasteiger partial charge in [-0.3, -0.25) is 9.97 Å². The Morgan fingerprint density at radius 2 is 1.80 bits per heavy atom. The van der Waals surface area contributed by atoms with Crippen LogP contribution in [0.2, 0.25) is 0 Å². The monoisotopic (exact) mass is 330 g/mol. The summed E-state index contributed by atoms with van der Waals surface area (Å²) in [6.45, 7) is 6.79. The van der Waals surface area contributed by atoms with Crippen LogP contribution < -0.4 is 0 Å². The molecule has 25 heavy (non-hydrogen) atoms. The van der Waals surface area contributed by atoms with Crippen LogP contribution in [0.25, 0.3) is 33.2 Å². The van der Waals surface area contributed by atoms with Gasteiger partial charge in [0.05, 0.1) is 11.3 Å². The van der Waals surface area contributed by atoms with Gasteiger partial charge in [-0.1, -0.05) is 39.0 Å². The fourth-order valence-corrected chi connectivity index (χ4v) is 3.43. The number of rotatable bonds is 4. The highest BCUT2D eigenvalue weighted by molar-refractivity contribution is 6.08. The maximum atomic E-state index is 6.14. The summed E-state index contributed by atoms with van der Waals surface area (Å²) in [6.07, 6.45) is 7.82. The van der Waals surface area contributed by atoms with E-state index < -0.39 is 0 Å². The average Bonchev–Trinajstić information content (AvgIpc) is 3.06. The fraction of sp³-hybridized carbons (Fsp3) is 0.273. The van der Waals surface area contributed by atoms with Gasteiger partial charge in [-0.05, 0) is 42.0 Å². The molecule has 0 bridgehead atoms. The molecule has 3 nitrogen and oxygen atoms in total. The van der Waals surface area contributed by atoms with Crippen molar-refractivity contribution in [1.82, 2.24) is 9.97 Å². The molecule has 3 aromatic heterocycles. The van der Waals surface area contributed by atoms with E-state index in [0.717, 1.165) is 46.0 Å². The normalized spacial score (nSPS) is 12.1. The summed E-state index contributed by atoms with van der Waals surface area (Å²) in [5, 5.41) is 2.13. The van der Waals surface area contributed by atoms with E-state index in [0.29, 0.717) is 0 Å². The van der Waals surface area contributed by atoms with Crippen molar-refractivity contribution in [3.63, 3.8) is 0 Å². The van der Waals surface area contributed by atoms with Crippen LogP contribution in [0.5, 0.6) is 0 Å². The van der Waals surface area contributed by atoms with E-state index in [-0.39, 0.29) is 5.41 Å². The molecule has 1 aromatic carbocycles. The van der Waals surface area contributed by atoms with Gasteiger partial charge in [0.25, 0.3) is 0 Å². The molecule has 0 atom stereocenters. The van der Waals surface area contributed by atoms with Crippen molar-refractivity contribution in [2.75, 3.05) is 0 Å². The zero-order chi connectivity index (χ0) is 17.4. The summed E-state index contributed by atoms with van der Waals surface area (Å²) in [7, 11) is 0. The standard InChI is InChI=1S/C22H22N2O/c1-4-22(3,5-2)15-10-11-24-19(12-15)18-14-23-13-17-16-8-6-7-9-20(16)25-21(17)18/h6-14H,4-5H2,1-3H3. The average molecular weight is 330 g/mol. The Labute approximate surface area is 147 Å². The predicted molar refractivity (Wildman–Crippen MR) is 103 cm³/mol. The van der Waals surface area contributed by atoms with Crippen LogP contribution in [0.3, 0.4) is 0 Å². The van der Waals surface area contributed by atoms with Gasteiger partial charge < -0.3 is 4.42 Å². The molecule has 3 heteroatoms. The first kappa shape index (κ1) is 15.8. The maximum absolute atomic E-state index is 6.14. The number of hydrogen-bond donors (Lipinski definition) is 0. The molecule has 0 saturated carbocycles. The predicted octanol–water partition coefficient (Wildman–Crippen LogP) is 6.12. The van der Waals surface area contributed by atoms with E-state index in [1.54, 1.807) is 0 Å². The largest absolute Gasteiger partial charge is 0.455 e. The number of hydrogen-bond acceptors (Lipinski definition) is 3. The Morgan fingerprint density at radius 3 is 2.60 bits per heavy atom. The Hall–Kier alpha value is -2.68. The smallest absolute Gasteiger partial charge is 0.147 e. The third kappa shape index (κ3) is 2.51. The first-order valence-corrected chi connectivity index (χ1v) is 8.88. The molecule has 0 unspecified atom stereocenters. The van der Waals surface area contributed by atoms with Crippen LogP contribution in [0, 0.1) is 0 Å². The van der Waals surface area contributed by atoms with Crippen molar-refractivity contribution in [2.45, 2.75) is 39.0 Å². The summed E-state index contributed by atoms with van der Waals surface area (Å²) in [5.41, 5.74) is 5.08. The van der Waals surface area contributed by atoms with Gasteiger partial charge in [0, 0.05) is 29.4 Å². The summed E-state index contributed by atoms with van der Waals surface area (Å²) < 4.78 is 6.14. The molecule has 0 saturated heterocycles. The van der Waals surface area contributed by atoms with Crippen molar-refractivity contribution in [1.29, 1.82) is 0 Å². The van der Waals surface area contributed by atoms with Gasteiger partial charge in [0.15, 0.2) is 0 Å². The molecule has 4 aromatic rings. The minimum absolute atomic E-state index is 0.160. The van der Waals surface area contributed by atoms with Crippen LogP contribution in [-0.2, 0) is 5.41 Å². The number of benzene rings is 1. The van der Waals surface area contributed by atoms with E-state index in [1.807, 2.05) is 36.8 Å². The Morgan fingerprint density at radius 1 is 1.00 bits per heavy atom. The highest BCUT2D eigenvalue weighted by atomic mass is 16.3. The molecule has 0 N–H and O–H groups in total. The molecule has 0 aliphatic carbocycles. The second-order valence-electron chi connectivity index (χ2n) is 6.86. The molecule has 0 aliphatic heterocycles. The van der Waals surface area contributed by atoms with Crippen molar-refractivity contribution in [2.24, 2.45) is 0 Å². The summed E-state index contributed by atoms with van der Waals surface area (Å²) in [5.74, 6) is 0. The van der Waals surface area contributed by atoms with Gasteiger partial charge in [-0.25, -0.2) is 0 Å². The molecule has 0 fully saturated rings. The van der Waals surface area contributed by atoms with Crippen molar-refractivity contribution in [3.05, 3.63) is 60.6 Å². The highest BCUT2D eigenvalue weighted by Crippen LogP contribution is 2.36. The molecule has 0 radical (unpaired) electrons. The molecule has 3 heterocycles. The van der Waals surface area contributed by atoms with Crippen LogP contribution in [-0.4, -0.2) is 9.97 Å². The minimum Gasteiger partial charge on any atom is -0.455 e. The second kappa shape index (κ2) is 5.99. The lowest BCUT2D eigenvalue weighted by Gasteiger charge is -2.27. The Kier molecular flexibility index (Phi) is 3.79.